The van der Waals surface area contributed by atoms with Gasteiger partial charge in [-0.15, -0.1) is 0 Å². The van der Waals surface area contributed by atoms with E-state index < -0.39 is 7.12 Å². The predicted molar refractivity (Wildman–Crippen MR) is 54.1 cm³/mol. The van der Waals surface area contributed by atoms with Gasteiger partial charge in [0.15, 0.2) is 0 Å². The maximum atomic E-state index is 9.01. The molecule has 0 atom stereocenters. The second-order valence-corrected chi connectivity index (χ2v) is 3.14. The van der Waals surface area contributed by atoms with Crippen LogP contribution in [0.3, 0.4) is 0 Å². The number of aromatic nitrogens is 2. The van der Waals surface area contributed by atoms with Gasteiger partial charge in [0.05, 0.1) is 11.0 Å². The number of hydrogen-bond donors (Lipinski definition) is 2. The van der Waals surface area contributed by atoms with Crippen molar-refractivity contribution in [2.45, 2.75) is 6.92 Å². The van der Waals surface area contributed by atoms with Crippen LogP contribution in [0.25, 0.3) is 11.0 Å². The number of aryl methyl sites for hydroxylation is 1. The van der Waals surface area contributed by atoms with Gasteiger partial charge in [-0.05, 0) is 24.0 Å². The Morgan fingerprint density at radius 3 is 2.57 bits per heavy atom. The van der Waals surface area contributed by atoms with Crippen LogP contribution in [0.5, 0.6) is 0 Å². The molecule has 0 bridgehead atoms. The molecule has 0 spiro atoms. The smallest absolute Gasteiger partial charge is 0.423 e. The van der Waals surface area contributed by atoms with E-state index in [0.717, 1.165) is 11.1 Å². The lowest BCUT2D eigenvalue weighted by molar-refractivity contribution is 0.426. The van der Waals surface area contributed by atoms with Crippen LogP contribution >= 0.6 is 0 Å². The van der Waals surface area contributed by atoms with Crippen molar-refractivity contribution in [3.05, 3.63) is 30.1 Å². The molecule has 0 fully saturated rings. The van der Waals surface area contributed by atoms with Gasteiger partial charge in [0, 0.05) is 12.4 Å². The van der Waals surface area contributed by atoms with Gasteiger partial charge in [0.1, 0.15) is 0 Å². The third-order valence-corrected chi connectivity index (χ3v) is 2.08. The Bertz CT molecular complexity index is 473. The molecule has 0 aliphatic carbocycles. The van der Waals surface area contributed by atoms with Gasteiger partial charge in [0.25, 0.3) is 0 Å². The van der Waals surface area contributed by atoms with Crippen LogP contribution < -0.4 is 5.46 Å². The lowest BCUT2D eigenvalue weighted by atomic mass is 9.79. The molecule has 0 aliphatic heterocycles. The molecule has 70 valence electrons. The van der Waals surface area contributed by atoms with E-state index >= 15 is 0 Å². The summed E-state index contributed by atoms with van der Waals surface area (Å²) in [5.74, 6) is 0. The van der Waals surface area contributed by atoms with Crippen molar-refractivity contribution in [1.82, 2.24) is 9.97 Å². The van der Waals surface area contributed by atoms with Crippen molar-refractivity contribution < 1.29 is 10.0 Å². The van der Waals surface area contributed by atoms with Gasteiger partial charge in [-0.1, -0.05) is 6.07 Å². The standard InChI is InChI=1S/C9H9BN2O2/c1-6-4-7(10(13)14)5-8-9(6)12-3-2-11-8/h2-5,13-14H,1H3. The topological polar surface area (TPSA) is 66.2 Å². The van der Waals surface area contributed by atoms with Gasteiger partial charge >= 0.3 is 7.12 Å². The van der Waals surface area contributed by atoms with Gasteiger partial charge < -0.3 is 10.0 Å². The molecule has 1 aromatic carbocycles. The highest BCUT2D eigenvalue weighted by Crippen LogP contribution is 2.10. The number of hydrogen-bond acceptors (Lipinski definition) is 4. The van der Waals surface area contributed by atoms with E-state index in [1.165, 1.54) is 0 Å². The van der Waals surface area contributed by atoms with E-state index in [1.54, 1.807) is 24.5 Å². The van der Waals surface area contributed by atoms with Crippen LogP contribution in [0.2, 0.25) is 0 Å². The maximum absolute atomic E-state index is 9.01. The molecule has 0 saturated carbocycles. The van der Waals surface area contributed by atoms with Crippen LogP contribution in [-0.4, -0.2) is 27.1 Å². The largest absolute Gasteiger partial charge is 0.488 e. The second-order valence-electron chi connectivity index (χ2n) is 3.14. The summed E-state index contributed by atoms with van der Waals surface area (Å²) < 4.78 is 0. The first-order valence-electron chi connectivity index (χ1n) is 4.26. The SMILES string of the molecule is Cc1cc(B(O)O)cc2nccnc12. The van der Waals surface area contributed by atoms with Gasteiger partial charge in [-0.25, -0.2) is 0 Å². The summed E-state index contributed by atoms with van der Waals surface area (Å²) in [6.45, 7) is 1.86. The van der Waals surface area contributed by atoms with Gasteiger partial charge in [0.2, 0.25) is 0 Å². The van der Waals surface area contributed by atoms with Crippen LogP contribution in [0.4, 0.5) is 0 Å². The first-order valence-corrected chi connectivity index (χ1v) is 4.26. The zero-order chi connectivity index (χ0) is 10.1. The first-order chi connectivity index (χ1) is 6.68. The van der Waals surface area contributed by atoms with E-state index in [1.807, 2.05) is 6.92 Å². The Kier molecular flexibility index (Phi) is 2.19. The molecule has 0 aliphatic rings. The molecule has 2 rings (SSSR count). The van der Waals surface area contributed by atoms with Crippen molar-refractivity contribution in [1.29, 1.82) is 0 Å². The molecular formula is C9H9BN2O2. The zero-order valence-corrected chi connectivity index (χ0v) is 7.68. The molecule has 4 nitrogen and oxygen atoms in total. The molecule has 0 unspecified atom stereocenters. The molecule has 2 N–H and O–H groups in total. The Hall–Kier alpha value is -1.46. The van der Waals surface area contributed by atoms with Gasteiger partial charge in [-0.3, -0.25) is 9.97 Å². The minimum absolute atomic E-state index is 0.440. The van der Waals surface area contributed by atoms with Crippen molar-refractivity contribution in [3.63, 3.8) is 0 Å². The highest BCUT2D eigenvalue weighted by molar-refractivity contribution is 6.58. The number of fused-ring (bicyclic) bond motifs is 1. The van der Waals surface area contributed by atoms with E-state index in [-0.39, 0.29) is 0 Å². The normalized spacial score (nSPS) is 10.5. The molecule has 1 heterocycles. The fraction of sp³-hybridized carbons (Fsp3) is 0.111. The number of benzene rings is 1. The molecule has 5 heteroatoms. The summed E-state index contributed by atoms with van der Waals surface area (Å²) in [6.07, 6.45) is 3.19. The third-order valence-electron chi connectivity index (χ3n) is 2.08. The number of rotatable bonds is 1. The summed E-state index contributed by atoms with van der Waals surface area (Å²) in [4.78, 5) is 8.26. The van der Waals surface area contributed by atoms with Gasteiger partial charge in [-0.2, -0.15) is 0 Å². The van der Waals surface area contributed by atoms with Crippen molar-refractivity contribution >= 4 is 23.6 Å². The van der Waals surface area contributed by atoms with E-state index in [2.05, 4.69) is 9.97 Å². The molecule has 1 aromatic heterocycles. The first kappa shape index (κ1) is 9.11. The summed E-state index contributed by atoms with van der Waals surface area (Å²) in [5.41, 5.74) is 2.79. The highest BCUT2D eigenvalue weighted by Gasteiger charge is 2.13. The van der Waals surface area contributed by atoms with E-state index in [9.17, 15) is 0 Å². The van der Waals surface area contributed by atoms with Crippen LogP contribution in [-0.2, 0) is 0 Å². The Morgan fingerprint density at radius 1 is 1.14 bits per heavy atom. The maximum Gasteiger partial charge on any atom is 0.488 e. The molecular weight excluding hydrogens is 179 g/mol. The number of nitrogens with zero attached hydrogens (tertiary/aromatic N) is 2. The monoisotopic (exact) mass is 188 g/mol. The predicted octanol–water partition coefficient (Wildman–Crippen LogP) is -0.382. The minimum Gasteiger partial charge on any atom is -0.423 e. The molecule has 0 radical (unpaired) electrons. The Labute approximate surface area is 81.4 Å². The second kappa shape index (κ2) is 3.36. The minimum atomic E-state index is -1.46. The quantitative estimate of drug-likeness (QED) is 0.598. The van der Waals surface area contributed by atoms with Crippen LogP contribution in [0.1, 0.15) is 5.56 Å². The average molecular weight is 188 g/mol. The molecule has 0 amide bonds. The highest BCUT2D eigenvalue weighted by atomic mass is 16.4. The van der Waals surface area contributed by atoms with E-state index in [0.29, 0.717) is 11.0 Å². The van der Waals surface area contributed by atoms with Crippen molar-refractivity contribution in [2.75, 3.05) is 0 Å². The summed E-state index contributed by atoms with van der Waals surface area (Å²) in [5, 5.41) is 18.0. The molecule has 0 saturated heterocycles. The van der Waals surface area contributed by atoms with Crippen molar-refractivity contribution in [2.24, 2.45) is 0 Å². The Balaban J connectivity index is 2.72. The molecule has 14 heavy (non-hydrogen) atoms. The fourth-order valence-corrected chi connectivity index (χ4v) is 1.43. The lowest BCUT2D eigenvalue weighted by Gasteiger charge is -2.04. The zero-order valence-electron chi connectivity index (χ0n) is 7.68. The third kappa shape index (κ3) is 1.47. The summed E-state index contributed by atoms with van der Waals surface area (Å²) in [6, 6.07) is 3.32. The van der Waals surface area contributed by atoms with Crippen molar-refractivity contribution in [3.8, 4) is 0 Å². The fourth-order valence-electron chi connectivity index (χ4n) is 1.43. The lowest BCUT2D eigenvalue weighted by Crippen LogP contribution is -2.30. The van der Waals surface area contributed by atoms with E-state index in [4.69, 9.17) is 10.0 Å². The molecule has 2 aromatic rings. The summed E-state index contributed by atoms with van der Waals surface area (Å²) >= 11 is 0. The summed E-state index contributed by atoms with van der Waals surface area (Å²) in [7, 11) is -1.46. The Morgan fingerprint density at radius 2 is 1.86 bits per heavy atom. The van der Waals surface area contributed by atoms with Crippen LogP contribution in [0.15, 0.2) is 24.5 Å². The van der Waals surface area contributed by atoms with Crippen LogP contribution in [0, 0.1) is 6.92 Å². The average Bonchev–Trinajstić information content (AvgIpc) is 2.17.